The fourth-order valence-corrected chi connectivity index (χ4v) is 4.57. The summed E-state index contributed by atoms with van der Waals surface area (Å²) in [5, 5.41) is 3.78. The fraction of sp³-hybridized carbons (Fsp3) is 0.417. The van der Waals surface area contributed by atoms with Crippen LogP contribution in [0.5, 0.6) is 5.75 Å². The molecule has 1 atom stereocenters. The standard InChI is InChI=1S/C24H29ClN2O3S/c1-17(24(29)26-20-5-3-4-6-20)27(15-18-7-11-21(30-2)12-8-18)23(28)16-31-22-13-9-19(25)10-14-22/h7-14,17,20H,3-6,15-16H2,1-2H3,(H,26,29)/t17-/m1/s1. The second-order valence-corrected chi connectivity index (χ2v) is 9.26. The van der Waals surface area contributed by atoms with Crippen molar-refractivity contribution >= 4 is 35.2 Å². The Morgan fingerprint density at radius 2 is 1.77 bits per heavy atom. The molecule has 2 aromatic rings. The van der Waals surface area contributed by atoms with Gasteiger partial charge in [0, 0.05) is 22.5 Å². The molecule has 0 aromatic heterocycles. The lowest BCUT2D eigenvalue weighted by atomic mass is 10.1. The van der Waals surface area contributed by atoms with Crippen molar-refractivity contribution in [1.29, 1.82) is 0 Å². The van der Waals surface area contributed by atoms with Crippen LogP contribution < -0.4 is 10.1 Å². The second kappa shape index (κ2) is 11.4. The summed E-state index contributed by atoms with van der Waals surface area (Å²) < 4.78 is 5.22. The van der Waals surface area contributed by atoms with Crippen LogP contribution in [0.1, 0.15) is 38.2 Å². The third-order valence-corrected chi connectivity index (χ3v) is 6.81. The third-order valence-electron chi connectivity index (χ3n) is 5.56. The number of rotatable bonds is 9. The Hall–Kier alpha value is -2.18. The summed E-state index contributed by atoms with van der Waals surface area (Å²) in [5.41, 5.74) is 0.950. The van der Waals surface area contributed by atoms with Crippen LogP contribution in [-0.4, -0.2) is 41.7 Å². The molecule has 0 radical (unpaired) electrons. The summed E-state index contributed by atoms with van der Waals surface area (Å²) in [4.78, 5) is 28.7. The number of nitrogens with zero attached hydrogens (tertiary/aromatic N) is 1. The Morgan fingerprint density at radius 1 is 1.13 bits per heavy atom. The van der Waals surface area contributed by atoms with Gasteiger partial charge in [-0.05, 0) is 61.7 Å². The number of benzene rings is 2. The largest absolute Gasteiger partial charge is 0.497 e. The van der Waals surface area contributed by atoms with E-state index in [2.05, 4.69) is 5.32 Å². The number of halogens is 1. The lowest BCUT2D eigenvalue weighted by Gasteiger charge is -2.29. The van der Waals surface area contributed by atoms with Gasteiger partial charge in [-0.25, -0.2) is 0 Å². The third kappa shape index (κ3) is 6.91. The molecule has 3 rings (SSSR count). The van der Waals surface area contributed by atoms with Gasteiger partial charge in [0.05, 0.1) is 12.9 Å². The van der Waals surface area contributed by atoms with Gasteiger partial charge in [-0.3, -0.25) is 9.59 Å². The lowest BCUT2D eigenvalue weighted by molar-refractivity contribution is -0.138. The molecule has 5 nitrogen and oxygen atoms in total. The highest BCUT2D eigenvalue weighted by molar-refractivity contribution is 8.00. The Kier molecular flexibility index (Phi) is 8.67. The molecule has 0 heterocycles. The van der Waals surface area contributed by atoms with Gasteiger partial charge in [-0.15, -0.1) is 11.8 Å². The summed E-state index contributed by atoms with van der Waals surface area (Å²) in [5.74, 6) is 0.834. The Morgan fingerprint density at radius 3 is 2.39 bits per heavy atom. The highest BCUT2D eigenvalue weighted by atomic mass is 35.5. The number of nitrogens with one attached hydrogen (secondary N) is 1. The van der Waals surface area contributed by atoms with Gasteiger partial charge in [0.1, 0.15) is 11.8 Å². The zero-order chi connectivity index (χ0) is 22.2. The first-order chi connectivity index (χ1) is 15.0. The number of amides is 2. The minimum Gasteiger partial charge on any atom is -0.497 e. The maximum Gasteiger partial charge on any atom is 0.242 e. The molecular formula is C24H29ClN2O3S. The SMILES string of the molecule is COc1ccc(CN(C(=O)CSc2ccc(Cl)cc2)[C@H](C)C(=O)NC2CCCC2)cc1. The van der Waals surface area contributed by atoms with E-state index in [1.54, 1.807) is 31.1 Å². The average molecular weight is 461 g/mol. The quantitative estimate of drug-likeness (QED) is 0.540. The predicted octanol–water partition coefficient (Wildman–Crippen LogP) is 4.92. The zero-order valence-electron chi connectivity index (χ0n) is 18.0. The molecule has 31 heavy (non-hydrogen) atoms. The molecule has 1 aliphatic rings. The van der Waals surface area contributed by atoms with Gasteiger partial charge in [0.2, 0.25) is 11.8 Å². The number of carbonyl (C=O) groups is 2. The molecule has 0 aliphatic heterocycles. The van der Waals surface area contributed by atoms with E-state index in [0.717, 1.165) is 41.9 Å². The molecule has 2 aromatic carbocycles. The van der Waals surface area contributed by atoms with E-state index < -0.39 is 6.04 Å². The monoisotopic (exact) mass is 460 g/mol. The molecule has 0 saturated heterocycles. The van der Waals surface area contributed by atoms with Crippen molar-refractivity contribution in [2.75, 3.05) is 12.9 Å². The number of hydrogen-bond donors (Lipinski definition) is 1. The van der Waals surface area contributed by atoms with Crippen LogP contribution in [0.2, 0.25) is 5.02 Å². The van der Waals surface area contributed by atoms with Gasteiger partial charge >= 0.3 is 0 Å². The van der Waals surface area contributed by atoms with Gasteiger partial charge in [-0.2, -0.15) is 0 Å². The molecular weight excluding hydrogens is 432 g/mol. The van der Waals surface area contributed by atoms with Crippen LogP contribution in [0.4, 0.5) is 0 Å². The molecule has 1 fully saturated rings. The first-order valence-electron chi connectivity index (χ1n) is 10.6. The number of hydrogen-bond acceptors (Lipinski definition) is 4. The van der Waals surface area contributed by atoms with Gasteiger partial charge in [0.15, 0.2) is 0 Å². The minimum atomic E-state index is -0.555. The van der Waals surface area contributed by atoms with Crippen LogP contribution >= 0.6 is 23.4 Å². The smallest absolute Gasteiger partial charge is 0.242 e. The van der Waals surface area contributed by atoms with Crippen molar-refractivity contribution in [3.8, 4) is 5.75 Å². The van der Waals surface area contributed by atoms with Crippen molar-refractivity contribution in [3.63, 3.8) is 0 Å². The predicted molar refractivity (Wildman–Crippen MR) is 126 cm³/mol. The lowest BCUT2D eigenvalue weighted by Crippen LogP contribution is -2.50. The fourth-order valence-electron chi connectivity index (χ4n) is 3.66. The summed E-state index contributed by atoms with van der Waals surface area (Å²) in [6.07, 6.45) is 4.31. The zero-order valence-corrected chi connectivity index (χ0v) is 19.5. The Labute approximate surface area is 193 Å². The molecule has 0 bridgehead atoms. The number of thioether (sulfide) groups is 1. The van der Waals surface area contributed by atoms with E-state index in [0.29, 0.717) is 11.6 Å². The van der Waals surface area contributed by atoms with E-state index in [9.17, 15) is 9.59 Å². The van der Waals surface area contributed by atoms with Crippen molar-refractivity contribution in [2.24, 2.45) is 0 Å². The van der Waals surface area contributed by atoms with Gasteiger partial charge in [-0.1, -0.05) is 36.6 Å². The molecule has 0 unspecified atom stereocenters. The van der Waals surface area contributed by atoms with E-state index in [-0.39, 0.29) is 23.6 Å². The molecule has 1 aliphatic carbocycles. The number of carbonyl (C=O) groups excluding carboxylic acids is 2. The molecule has 166 valence electrons. The molecule has 2 amide bonds. The average Bonchev–Trinajstić information content (AvgIpc) is 3.30. The van der Waals surface area contributed by atoms with Crippen LogP contribution in [-0.2, 0) is 16.1 Å². The van der Waals surface area contributed by atoms with Gasteiger partial charge in [0.25, 0.3) is 0 Å². The normalized spacial score (nSPS) is 14.8. The Bertz CT molecular complexity index is 867. The maximum absolute atomic E-state index is 13.2. The summed E-state index contributed by atoms with van der Waals surface area (Å²) in [6.45, 7) is 2.17. The highest BCUT2D eigenvalue weighted by Gasteiger charge is 2.28. The van der Waals surface area contributed by atoms with Crippen molar-refractivity contribution in [1.82, 2.24) is 10.2 Å². The van der Waals surface area contributed by atoms with Crippen molar-refractivity contribution < 1.29 is 14.3 Å². The summed E-state index contributed by atoms with van der Waals surface area (Å²) >= 11 is 7.39. The van der Waals surface area contributed by atoms with Crippen LogP contribution in [0.3, 0.4) is 0 Å². The molecule has 7 heteroatoms. The highest BCUT2D eigenvalue weighted by Crippen LogP contribution is 2.23. The Balaban J connectivity index is 1.70. The first kappa shape index (κ1) is 23.5. The van der Waals surface area contributed by atoms with E-state index in [1.807, 2.05) is 36.4 Å². The summed E-state index contributed by atoms with van der Waals surface area (Å²) in [7, 11) is 1.62. The number of methoxy groups -OCH3 is 1. The van der Waals surface area contributed by atoms with E-state index >= 15 is 0 Å². The van der Waals surface area contributed by atoms with Crippen LogP contribution in [0.25, 0.3) is 0 Å². The molecule has 1 N–H and O–H groups in total. The van der Waals surface area contributed by atoms with Gasteiger partial charge < -0.3 is 15.0 Å². The van der Waals surface area contributed by atoms with E-state index in [1.165, 1.54) is 11.8 Å². The minimum absolute atomic E-state index is 0.0789. The van der Waals surface area contributed by atoms with Crippen LogP contribution in [0.15, 0.2) is 53.4 Å². The first-order valence-corrected chi connectivity index (χ1v) is 11.9. The van der Waals surface area contributed by atoms with Crippen molar-refractivity contribution in [2.45, 2.75) is 56.1 Å². The van der Waals surface area contributed by atoms with Crippen molar-refractivity contribution in [3.05, 3.63) is 59.1 Å². The topological polar surface area (TPSA) is 58.6 Å². The van der Waals surface area contributed by atoms with E-state index in [4.69, 9.17) is 16.3 Å². The molecule has 0 spiro atoms. The second-order valence-electron chi connectivity index (χ2n) is 7.78. The molecule has 1 saturated carbocycles. The van der Waals surface area contributed by atoms with Crippen LogP contribution in [0, 0.1) is 0 Å². The maximum atomic E-state index is 13.2. The summed E-state index contributed by atoms with van der Waals surface area (Å²) in [6, 6.07) is 14.6. The number of ether oxygens (including phenoxy) is 1.